The summed E-state index contributed by atoms with van der Waals surface area (Å²) in [5.74, 6) is -0.284. The molecule has 0 aromatic heterocycles. The third-order valence-corrected chi connectivity index (χ3v) is 4.59. The first-order chi connectivity index (χ1) is 13.4. The van der Waals surface area contributed by atoms with Crippen molar-refractivity contribution in [2.24, 2.45) is 0 Å². The number of hydrogen-bond donors (Lipinski definition) is 2. The van der Waals surface area contributed by atoms with Crippen molar-refractivity contribution in [3.63, 3.8) is 0 Å². The van der Waals surface area contributed by atoms with Gasteiger partial charge in [-0.3, -0.25) is 20.4 Å². The van der Waals surface area contributed by atoms with E-state index in [-0.39, 0.29) is 18.4 Å². The van der Waals surface area contributed by atoms with E-state index in [0.29, 0.717) is 11.3 Å². The first kappa shape index (κ1) is 19.9. The highest BCUT2D eigenvalue weighted by molar-refractivity contribution is 9.10. The molecular formula is C22H21BrN2O3. The summed E-state index contributed by atoms with van der Waals surface area (Å²) in [6.07, 6.45) is 0.0869. The molecule has 0 spiro atoms. The van der Waals surface area contributed by atoms with Gasteiger partial charge < -0.3 is 4.74 Å². The number of ether oxygens (including phenoxy) is 1. The predicted molar refractivity (Wildman–Crippen MR) is 113 cm³/mol. The summed E-state index contributed by atoms with van der Waals surface area (Å²) in [5.41, 5.74) is 6.19. The molecule has 2 N–H and O–H groups in total. The van der Waals surface area contributed by atoms with E-state index in [0.717, 1.165) is 20.8 Å². The van der Waals surface area contributed by atoms with Gasteiger partial charge in [-0.15, -0.1) is 0 Å². The molecule has 0 aliphatic heterocycles. The molecule has 144 valence electrons. The lowest BCUT2D eigenvalue weighted by Crippen LogP contribution is -2.42. The van der Waals surface area contributed by atoms with E-state index < -0.39 is 5.91 Å². The number of carbonyl (C=O) groups excluding carboxylic acids is 2. The Balaban J connectivity index is 1.68. The van der Waals surface area contributed by atoms with Crippen LogP contribution in [0.15, 0.2) is 65.1 Å². The van der Waals surface area contributed by atoms with E-state index in [9.17, 15) is 9.59 Å². The lowest BCUT2D eigenvalue weighted by Gasteiger charge is -2.15. The fourth-order valence-corrected chi connectivity index (χ4v) is 3.26. The number of fused-ring (bicyclic) bond motifs is 1. The van der Waals surface area contributed by atoms with E-state index in [1.54, 1.807) is 18.2 Å². The molecule has 0 unspecified atom stereocenters. The van der Waals surface area contributed by atoms with Gasteiger partial charge in [-0.25, -0.2) is 0 Å². The Labute approximate surface area is 172 Å². The van der Waals surface area contributed by atoms with Crippen molar-refractivity contribution in [2.45, 2.75) is 26.4 Å². The van der Waals surface area contributed by atoms with Crippen molar-refractivity contribution in [3.05, 3.63) is 76.3 Å². The number of halogens is 1. The average molecular weight is 441 g/mol. The zero-order valence-corrected chi connectivity index (χ0v) is 17.2. The third kappa shape index (κ3) is 4.89. The van der Waals surface area contributed by atoms with Crippen LogP contribution in [0.4, 0.5) is 0 Å². The highest BCUT2D eigenvalue weighted by Crippen LogP contribution is 2.24. The van der Waals surface area contributed by atoms with Crippen LogP contribution in [-0.4, -0.2) is 17.9 Å². The van der Waals surface area contributed by atoms with Crippen LogP contribution >= 0.6 is 15.9 Å². The Morgan fingerprint density at radius 1 is 1.00 bits per heavy atom. The maximum atomic E-state index is 12.5. The van der Waals surface area contributed by atoms with Gasteiger partial charge in [0.25, 0.3) is 5.91 Å². The van der Waals surface area contributed by atoms with Gasteiger partial charge in [0.2, 0.25) is 5.91 Å². The molecule has 0 bridgehead atoms. The standard InChI is InChI=1S/C22H21BrN2O3/c1-14(2)28-20-11-10-17(23)13-19(20)22(27)25-24-21(26)12-16-8-5-7-15-6-3-4-9-18(15)16/h3-11,13-14H,12H2,1-2H3,(H,24,26)(H,25,27). The first-order valence-corrected chi connectivity index (χ1v) is 9.75. The monoisotopic (exact) mass is 440 g/mol. The van der Waals surface area contributed by atoms with Gasteiger partial charge >= 0.3 is 0 Å². The highest BCUT2D eigenvalue weighted by Gasteiger charge is 2.15. The third-order valence-electron chi connectivity index (χ3n) is 4.10. The summed E-state index contributed by atoms with van der Waals surface area (Å²) in [4.78, 5) is 24.9. The molecule has 6 heteroatoms. The van der Waals surface area contributed by atoms with Crippen molar-refractivity contribution < 1.29 is 14.3 Å². The molecule has 3 aromatic carbocycles. The Morgan fingerprint density at radius 2 is 1.75 bits per heavy atom. The lowest BCUT2D eigenvalue weighted by molar-refractivity contribution is -0.121. The molecule has 0 saturated heterocycles. The van der Waals surface area contributed by atoms with E-state index in [1.807, 2.05) is 56.3 Å². The largest absolute Gasteiger partial charge is 0.490 e. The van der Waals surface area contributed by atoms with E-state index in [1.165, 1.54) is 0 Å². The van der Waals surface area contributed by atoms with E-state index in [4.69, 9.17) is 4.74 Å². The molecule has 5 nitrogen and oxygen atoms in total. The van der Waals surface area contributed by atoms with Crippen molar-refractivity contribution in [1.82, 2.24) is 10.9 Å². The molecule has 3 rings (SSSR count). The normalized spacial score (nSPS) is 10.7. The van der Waals surface area contributed by atoms with Crippen LogP contribution in [-0.2, 0) is 11.2 Å². The fourth-order valence-electron chi connectivity index (χ4n) is 2.89. The fraction of sp³-hybridized carbons (Fsp3) is 0.182. The molecule has 28 heavy (non-hydrogen) atoms. The van der Waals surface area contributed by atoms with Gasteiger partial charge in [-0.05, 0) is 48.4 Å². The predicted octanol–water partition coefficient (Wildman–Crippen LogP) is 4.39. The number of hydrogen-bond acceptors (Lipinski definition) is 3. The number of rotatable bonds is 5. The second-order valence-corrected chi connectivity index (χ2v) is 7.54. The van der Waals surface area contributed by atoms with Crippen molar-refractivity contribution in [1.29, 1.82) is 0 Å². The Hall–Kier alpha value is -2.86. The first-order valence-electron chi connectivity index (χ1n) is 8.96. The molecule has 0 aliphatic rings. The summed E-state index contributed by atoms with van der Waals surface area (Å²) in [6, 6.07) is 18.9. The zero-order valence-electron chi connectivity index (χ0n) is 15.7. The van der Waals surface area contributed by atoms with E-state index >= 15 is 0 Å². The van der Waals surface area contributed by atoms with Gasteiger partial charge in [0.15, 0.2) is 0 Å². The molecule has 0 fully saturated rings. The smallest absolute Gasteiger partial charge is 0.273 e. The number of amides is 2. The summed E-state index contributed by atoms with van der Waals surface area (Å²) in [7, 11) is 0. The number of benzene rings is 3. The van der Waals surface area contributed by atoms with Crippen LogP contribution in [0.2, 0.25) is 0 Å². The second-order valence-electron chi connectivity index (χ2n) is 6.62. The van der Waals surface area contributed by atoms with Crippen LogP contribution in [0.5, 0.6) is 5.75 Å². The van der Waals surface area contributed by atoms with Crippen LogP contribution < -0.4 is 15.6 Å². The minimum atomic E-state index is -0.441. The molecule has 0 aliphatic carbocycles. The molecule has 0 atom stereocenters. The Morgan fingerprint density at radius 3 is 2.54 bits per heavy atom. The molecule has 0 saturated carbocycles. The van der Waals surface area contributed by atoms with Gasteiger partial charge in [0, 0.05) is 4.47 Å². The minimum absolute atomic E-state index is 0.0753. The van der Waals surface area contributed by atoms with Gasteiger partial charge in [-0.2, -0.15) is 0 Å². The summed E-state index contributed by atoms with van der Waals surface area (Å²) >= 11 is 3.36. The zero-order chi connectivity index (χ0) is 20.1. The quantitative estimate of drug-likeness (QED) is 0.577. The molecule has 3 aromatic rings. The molecule has 0 radical (unpaired) electrons. The highest BCUT2D eigenvalue weighted by atomic mass is 79.9. The van der Waals surface area contributed by atoms with Crippen molar-refractivity contribution in [2.75, 3.05) is 0 Å². The van der Waals surface area contributed by atoms with Crippen molar-refractivity contribution >= 4 is 38.5 Å². The van der Waals surface area contributed by atoms with Gasteiger partial charge in [-0.1, -0.05) is 58.4 Å². The van der Waals surface area contributed by atoms with Crippen LogP contribution in [0.3, 0.4) is 0 Å². The molecule has 2 amide bonds. The summed E-state index contributed by atoms with van der Waals surface area (Å²) in [6.45, 7) is 3.77. The molecular weight excluding hydrogens is 420 g/mol. The van der Waals surface area contributed by atoms with Crippen LogP contribution in [0, 0.1) is 0 Å². The second kappa shape index (κ2) is 8.89. The Kier molecular flexibility index (Phi) is 6.31. The maximum absolute atomic E-state index is 12.5. The van der Waals surface area contributed by atoms with E-state index in [2.05, 4.69) is 26.8 Å². The van der Waals surface area contributed by atoms with Crippen LogP contribution in [0.1, 0.15) is 29.8 Å². The number of nitrogens with one attached hydrogen (secondary N) is 2. The SMILES string of the molecule is CC(C)Oc1ccc(Br)cc1C(=O)NNC(=O)Cc1cccc2ccccc12. The maximum Gasteiger partial charge on any atom is 0.273 e. The van der Waals surface area contributed by atoms with Crippen LogP contribution in [0.25, 0.3) is 10.8 Å². The average Bonchev–Trinajstić information content (AvgIpc) is 2.67. The number of hydrazine groups is 1. The lowest BCUT2D eigenvalue weighted by atomic mass is 10.0. The molecule has 0 heterocycles. The number of carbonyl (C=O) groups is 2. The van der Waals surface area contributed by atoms with Crippen molar-refractivity contribution in [3.8, 4) is 5.75 Å². The summed E-state index contributed by atoms with van der Waals surface area (Å²) in [5, 5.41) is 2.09. The van der Waals surface area contributed by atoms with Gasteiger partial charge in [0.05, 0.1) is 18.1 Å². The summed E-state index contributed by atoms with van der Waals surface area (Å²) < 4.78 is 6.42. The minimum Gasteiger partial charge on any atom is -0.490 e. The Bertz CT molecular complexity index is 1010. The topological polar surface area (TPSA) is 67.4 Å². The van der Waals surface area contributed by atoms with Gasteiger partial charge in [0.1, 0.15) is 5.75 Å².